The molecule has 1 unspecified atom stereocenters. The molecule has 2 aromatic carbocycles. The quantitative estimate of drug-likeness (QED) is 0.778. The number of nitrogens with zero attached hydrogens (tertiary/aromatic N) is 2. The molecule has 29 heavy (non-hydrogen) atoms. The fourth-order valence-corrected chi connectivity index (χ4v) is 4.44. The van der Waals surface area contributed by atoms with E-state index in [9.17, 15) is 9.18 Å². The number of hydrogen-bond donors (Lipinski definition) is 2. The molecule has 3 N–H and O–H groups in total. The molecule has 1 heterocycles. The van der Waals surface area contributed by atoms with Gasteiger partial charge in [-0.3, -0.25) is 4.79 Å². The Balaban J connectivity index is 1.46. The number of nitrogen functional groups attached to an aromatic ring is 1. The summed E-state index contributed by atoms with van der Waals surface area (Å²) in [6.07, 6.45) is 2.85. The zero-order valence-corrected chi connectivity index (χ0v) is 17.0. The van der Waals surface area contributed by atoms with Crippen LogP contribution in [0.2, 0.25) is 0 Å². The number of likely N-dealkylation sites (N-methyl/N-ethyl adjacent to an activating group) is 1. The van der Waals surface area contributed by atoms with Crippen molar-refractivity contribution in [2.75, 3.05) is 43.4 Å². The molecule has 0 aromatic heterocycles. The van der Waals surface area contributed by atoms with E-state index in [-0.39, 0.29) is 17.8 Å². The zero-order chi connectivity index (χ0) is 20.4. The lowest BCUT2D eigenvalue weighted by atomic mass is 9.87. The summed E-state index contributed by atoms with van der Waals surface area (Å²) in [7, 11) is 0. The Kier molecular flexibility index (Phi) is 5.72. The molecule has 0 spiro atoms. The van der Waals surface area contributed by atoms with Crippen LogP contribution < -0.4 is 16.0 Å². The summed E-state index contributed by atoms with van der Waals surface area (Å²) in [5, 5.41) is 3.08. The normalized spacial score (nSPS) is 19.7. The van der Waals surface area contributed by atoms with Crippen LogP contribution in [0.5, 0.6) is 0 Å². The molecule has 4 rings (SSSR count). The summed E-state index contributed by atoms with van der Waals surface area (Å²) in [5.74, 6) is -0.569. The number of carbonyl (C=O) groups excluding carboxylic acids is 1. The molecular weight excluding hydrogens is 367 g/mol. The highest BCUT2D eigenvalue weighted by molar-refractivity contribution is 5.95. The Morgan fingerprint density at radius 3 is 2.69 bits per heavy atom. The zero-order valence-electron chi connectivity index (χ0n) is 17.0. The van der Waals surface area contributed by atoms with Gasteiger partial charge in [0.15, 0.2) is 0 Å². The number of piperazine rings is 1. The van der Waals surface area contributed by atoms with Gasteiger partial charge in [-0.1, -0.05) is 13.0 Å². The Labute approximate surface area is 171 Å². The number of carbonyl (C=O) groups is 1. The molecule has 5 nitrogen and oxygen atoms in total. The van der Waals surface area contributed by atoms with E-state index in [1.54, 1.807) is 12.1 Å². The van der Waals surface area contributed by atoms with Crippen molar-refractivity contribution in [3.63, 3.8) is 0 Å². The first-order valence-corrected chi connectivity index (χ1v) is 10.5. The predicted octanol–water partition coefficient (Wildman–Crippen LogP) is 3.36. The number of amides is 1. The molecule has 1 atom stereocenters. The molecule has 1 aliphatic heterocycles. The van der Waals surface area contributed by atoms with Crippen molar-refractivity contribution in [2.24, 2.45) is 0 Å². The lowest BCUT2D eigenvalue weighted by molar-refractivity contribution is 0.0932. The minimum absolute atomic E-state index is 0.0586. The van der Waals surface area contributed by atoms with E-state index in [1.807, 2.05) is 18.2 Å². The number of rotatable bonds is 4. The molecule has 0 bridgehead atoms. The van der Waals surface area contributed by atoms with Crippen LogP contribution >= 0.6 is 0 Å². The van der Waals surface area contributed by atoms with Crippen LogP contribution in [0.3, 0.4) is 0 Å². The third kappa shape index (κ3) is 4.22. The van der Waals surface area contributed by atoms with E-state index in [1.165, 1.54) is 11.6 Å². The number of fused-ring (bicyclic) bond motifs is 1. The maximum absolute atomic E-state index is 14.8. The standard InChI is InChI=1S/C23H29FN4O/c1-2-27-10-12-28(13-11-27)22-9-6-17(15-20(22)24)23(29)26-21-5-3-4-16-14-18(25)7-8-19(16)21/h6-9,14-15,21H,2-5,10-13,25H2,1H3,(H,26,29). The fourth-order valence-electron chi connectivity index (χ4n) is 4.44. The number of benzene rings is 2. The van der Waals surface area contributed by atoms with Gasteiger partial charge < -0.3 is 20.9 Å². The molecule has 1 aliphatic carbocycles. The van der Waals surface area contributed by atoms with Crippen molar-refractivity contribution in [3.8, 4) is 0 Å². The summed E-state index contributed by atoms with van der Waals surface area (Å²) in [5.41, 5.74) is 9.88. The van der Waals surface area contributed by atoms with Crippen LogP contribution in [0, 0.1) is 5.82 Å². The van der Waals surface area contributed by atoms with Gasteiger partial charge >= 0.3 is 0 Å². The van der Waals surface area contributed by atoms with Crippen molar-refractivity contribution >= 4 is 17.3 Å². The summed E-state index contributed by atoms with van der Waals surface area (Å²) in [4.78, 5) is 17.2. The number of nitrogens with two attached hydrogens (primary N) is 1. The molecule has 2 aromatic rings. The maximum Gasteiger partial charge on any atom is 0.251 e. The summed E-state index contributed by atoms with van der Waals surface area (Å²) < 4.78 is 14.8. The highest BCUT2D eigenvalue weighted by Gasteiger charge is 2.24. The van der Waals surface area contributed by atoms with Crippen LogP contribution in [0.1, 0.15) is 47.3 Å². The van der Waals surface area contributed by atoms with Crippen molar-refractivity contribution in [3.05, 3.63) is 58.9 Å². The third-order valence-electron chi connectivity index (χ3n) is 6.16. The summed E-state index contributed by atoms with van der Waals surface area (Å²) in [6.45, 7) is 6.64. The van der Waals surface area contributed by atoms with Crippen LogP contribution in [-0.2, 0) is 6.42 Å². The third-order valence-corrected chi connectivity index (χ3v) is 6.16. The van der Waals surface area contributed by atoms with Crippen molar-refractivity contribution in [1.29, 1.82) is 0 Å². The second-order valence-corrected chi connectivity index (χ2v) is 7.96. The first-order valence-electron chi connectivity index (χ1n) is 10.5. The van der Waals surface area contributed by atoms with Gasteiger partial charge in [-0.15, -0.1) is 0 Å². The molecule has 0 saturated carbocycles. The average molecular weight is 397 g/mol. The second-order valence-electron chi connectivity index (χ2n) is 7.96. The Hall–Kier alpha value is -2.60. The molecule has 1 amide bonds. The van der Waals surface area contributed by atoms with Crippen molar-refractivity contribution in [1.82, 2.24) is 10.2 Å². The molecule has 6 heteroatoms. The number of aryl methyl sites for hydroxylation is 1. The largest absolute Gasteiger partial charge is 0.399 e. The second kappa shape index (κ2) is 8.41. The van der Waals surface area contributed by atoms with Crippen LogP contribution in [-0.4, -0.2) is 43.5 Å². The van der Waals surface area contributed by atoms with Gasteiger partial charge in [0.05, 0.1) is 11.7 Å². The lowest BCUT2D eigenvalue weighted by Gasteiger charge is -2.35. The van der Waals surface area contributed by atoms with E-state index in [4.69, 9.17) is 5.73 Å². The number of halogens is 1. The van der Waals surface area contributed by atoms with Gasteiger partial charge in [-0.05, 0) is 67.3 Å². The van der Waals surface area contributed by atoms with E-state index < -0.39 is 0 Å². The maximum atomic E-state index is 14.8. The fraction of sp³-hybridized carbons (Fsp3) is 0.435. The monoisotopic (exact) mass is 396 g/mol. The Morgan fingerprint density at radius 2 is 1.97 bits per heavy atom. The highest BCUT2D eigenvalue weighted by Crippen LogP contribution is 2.31. The molecule has 154 valence electrons. The smallest absolute Gasteiger partial charge is 0.251 e. The van der Waals surface area contributed by atoms with Gasteiger partial charge in [0.1, 0.15) is 5.82 Å². The topological polar surface area (TPSA) is 61.6 Å². The van der Waals surface area contributed by atoms with Crippen LogP contribution in [0.4, 0.5) is 15.8 Å². The van der Waals surface area contributed by atoms with Crippen LogP contribution in [0.25, 0.3) is 0 Å². The first-order chi connectivity index (χ1) is 14.0. The number of hydrogen-bond acceptors (Lipinski definition) is 4. The lowest BCUT2D eigenvalue weighted by Crippen LogP contribution is -2.46. The van der Waals surface area contributed by atoms with Gasteiger partial charge in [0.2, 0.25) is 0 Å². The van der Waals surface area contributed by atoms with Crippen molar-refractivity contribution in [2.45, 2.75) is 32.2 Å². The van der Waals surface area contributed by atoms with Gasteiger partial charge in [0.25, 0.3) is 5.91 Å². The van der Waals surface area contributed by atoms with E-state index in [2.05, 4.69) is 22.0 Å². The average Bonchev–Trinajstić information content (AvgIpc) is 2.73. The number of anilines is 2. The molecule has 1 saturated heterocycles. The van der Waals surface area contributed by atoms with Crippen LogP contribution in [0.15, 0.2) is 36.4 Å². The first kappa shape index (κ1) is 19.7. The predicted molar refractivity (Wildman–Crippen MR) is 115 cm³/mol. The SMILES string of the molecule is CCN1CCN(c2ccc(C(=O)NC3CCCc4cc(N)ccc43)cc2F)CC1. The van der Waals surface area contributed by atoms with E-state index in [0.717, 1.165) is 63.2 Å². The highest BCUT2D eigenvalue weighted by atomic mass is 19.1. The van der Waals surface area contributed by atoms with E-state index in [0.29, 0.717) is 11.3 Å². The minimum Gasteiger partial charge on any atom is -0.399 e. The van der Waals surface area contributed by atoms with Gasteiger partial charge in [0, 0.05) is 37.4 Å². The van der Waals surface area contributed by atoms with E-state index >= 15 is 0 Å². The minimum atomic E-state index is -0.334. The summed E-state index contributed by atoms with van der Waals surface area (Å²) in [6, 6.07) is 10.6. The molecule has 1 fully saturated rings. The number of nitrogens with one attached hydrogen (secondary N) is 1. The summed E-state index contributed by atoms with van der Waals surface area (Å²) >= 11 is 0. The molecule has 2 aliphatic rings. The van der Waals surface area contributed by atoms with Gasteiger partial charge in [-0.2, -0.15) is 0 Å². The molecule has 0 radical (unpaired) electrons. The van der Waals surface area contributed by atoms with Crippen molar-refractivity contribution < 1.29 is 9.18 Å². The Bertz CT molecular complexity index is 892. The van der Waals surface area contributed by atoms with Gasteiger partial charge in [-0.25, -0.2) is 4.39 Å². The molecular formula is C23H29FN4O. The Morgan fingerprint density at radius 1 is 1.17 bits per heavy atom.